The maximum Gasteiger partial charge on any atom is 0.310 e. The van der Waals surface area contributed by atoms with Gasteiger partial charge in [-0.3, -0.25) is 9.59 Å². The average molecular weight is 293 g/mol. The van der Waals surface area contributed by atoms with E-state index in [1.165, 1.54) is 24.3 Å². The van der Waals surface area contributed by atoms with Crippen molar-refractivity contribution in [2.45, 2.75) is 25.5 Å². The van der Waals surface area contributed by atoms with Crippen LogP contribution in [0.5, 0.6) is 5.75 Å². The molecule has 1 aliphatic rings. The van der Waals surface area contributed by atoms with Gasteiger partial charge < -0.3 is 15.2 Å². The van der Waals surface area contributed by atoms with Crippen molar-refractivity contribution in [3.63, 3.8) is 0 Å². The molecule has 5 nitrogen and oxygen atoms in total. The molecule has 1 aromatic carbocycles. The highest BCUT2D eigenvalue weighted by atomic mass is 19.1. The van der Waals surface area contributed by atoms with E-state index in [-0.39, 0.29) is 17.8 Å². The van der Waals surface area contributed by atoms with Crippen molar-refractivity contribution in [1.82, 2.24) is 5.32 Å². The Labute approximate surface area is 121 Å². The second-order valence-electron chi connectivity index (χ2n) is 4.89. The smallest absolute Gasteiger partial charge is 0.310 e. The number of carboxylic acids is 1. The molecule has 0 heterocycles. The summed E-state index contributed by atoms with van der Waals surface area (Å²) in [6.07, 6.45) is 2.82. The molecule has 0 spiro atoms. The summed E-state index contributed by atoms with van der Waals surface area (Å²) in [7, 11) is 0. The Morgan fingerprint density at radius 3 is 2.57 bits per heavy atom. The Morgan fingerprint density at radius 1 is 1.33 bits per heavy atom. The van der Waals surface area contributed by atoms with Gasteiger partial charge in [-0.05, 0) is 37.6 Å². The van der Waals surface area contributed by atoms with Gasteiger partial charge in [-0.25, -0.2) is 4.39 Å². The highest BCUT2D eigenvalue weighted by Gasteiger charge is 2.27. The number of halogens is 1. The van der Waals surface area contributed by atoms with Crippen molar-refractivity contribution >= 4 is 11.9 Å². The van der Waals surface area contributed by atoms with E-state index in [0.717, 1.165) is 0 Å². The number of benzene rings is 1. The van der Waals surface area contributed by atoms with Crippen LogP contribution in [0.1, 0.15) is 13.3 Å². The fraction of sp³-hybridized carbons (Fsp3) is 0.333. The molecule has 1 aliphatic carbocycles. The molecular weight excluding hydrogens is 277 g/mol. The summed E-state index contributed by atoms with van der Waals surface area (Å²) < 4.78 is 18.2. The van der Waals surface area contributed by atoms with Crippen LogP contribution in [0, 0.1) is 11.7 Å². The van der Waals surface area contributed by atoms with E-state index < -0.39 is 18.0 Å². The maximum absolute atomic E-state index is 12.8. The monoisotopic (exact) mass is 293 g/mol. The van der Waals surface area contributed by atoms with Crippen LogP contribution in [-0.4, -0.2) is 29.1 Å². The fourth-order valence-electron chi connectivity index (χ4n) is 2.06. The predicted octanol–water partition coefficient (Wildman–Crippen LogP) is 1.74. The van der Waals surface area contributed by atoms with E-state index in [1.807, 2.05) is 0 Å². The molecule has 0 radical (unpaired) electrons. The molecule has 0 saturated heterocycles. The van der Waals surface area contributed by atoms with Gasteiger partial charge in [-0.2, -0.15) is 0 Å². The van der Waals surface area contributed by atoms with Crippen molar-refractivity contribution in [3.8, 4) is 5.75 Å². The summed E-state index contributed by atoms with van der Waals surface area (Å²) in [5.74, 6) is -1.80. The van der Waals surface area contributed by atoms with Gasteiger partial charge in [0.2, 0.25) is 0 Å². The molecule has 21 heavy (non-hydrogen) atoms. The first-order chi connectivity index (χ1) is 9.95. The zero-order valence-electron chi connectivity index (χ0n) is 11.5. The number of amides is 1. The van der Waals surface area contributed by atoms with Crippen LogP contribution in [0.3, 0.4) is 0 Å². The van der Waals surface area contributed by atoms with E-state index >= 15 is 0 Å². The number of carboxylic acid groups (broad SMARTS) is 1. The van der Waals surface area contributed by atoms with Crippen LogP contribution in [-0.2, 0) is 9.59 Å². The van der Waals surface area contributed by atoms with Crippen molar-refractivity contribution in [3.05, 3.63) is 42.2 Å². The van der Waals surface area contributed by atoms with Crippen molar-refractivity contribution < 1.29 is 23.8 Å². The highest BCUT2D eigenvalue weighted by Crippen LogP contribution is 2.18. The third-order valence-corrected chi connectivity index (χ3v) is 3.22. The number of carbonyl (C=O) groups excluding carboxylic acids is 1. The molecule has 0 aliphatic heterocycles. The minimum Gasteiger partial charge on any atom is -0.481 e. The van der Waals surface area contributed by atoms with Gasteiger partial charge in [0.15, 0.2) is 6.10 Å². The van der Waals surface area contributed by atoms with E-state index in [0.29, 0.717) is 12.2 Å². The summed E-state index contributed by atoms with van der Waals surface area (Å²) in [6.45, 7) is 1.58. The normalized spacial score (nSPS) is 21.8. The number of nitrogens with one attached hydrogen (secondary N) is 1. The summed E-state index contributed by atoms with van der Waals surface area (Å²) in [5, 5.41) is 11.6. The molecule has 0 bridgehead atoms. The van der Waals surface area contributed by atoms with Crippen molar-refractivity contribution in [2.75, 3.05) is 0 Å². The van der Waals surface area contributed by atoms with E-state index in [4.69, 9.17) is 9.84 Å². The number of ether oxygens (including phenoxy) is 1. The molecule has 0 aromatic heterocycles. The summed E-state index contributed by atoms with van der Waals surface area (Å²) in [4.78, 5) is 22.8. The lowest BCUT2D eigenvalue weighted by Crippen LogP contribution is -2.41. The van der Waals surface area contributed by atoms with Crippen molar-refractivity contribution in [2.24, 2.45) is 5.92 Å². The molecule has 3 atom stereocenters. The maximum atomic E-state index is 12.8. The molecule has 1 aromatic rings. The molecule has 0 fully saturated rings. The lowest BCUT2D eigenvalue weighted by molar-refractivity contribution is -0.140. The standard InChI is InChI=1S/C15H16FNO4/c1-9(21-13-6-3-11(16)4-7-13)14(18)17-12-5-2-10(8-12)15(19)20/h2-7,9-10,12H,8H2,1H3,(H,17,18)(H,19,20). The van der Waals surface area contributed by atoms with Gasteiger partial charge in [-0.15, -0.1) is 0 Å². The Bertz CT molecular complexity index is 555. The van der Waals surface area contributed by atoms with Gasteiger partial charge in [-0.1, -0.05) is 12.2 Å². The van der Waals surface area contributed by atoms with Crippen molar-refractivity contribution in [1.29, 1.82) is 0 Å². The third-order valence-electron chi connectivity index (χ3n) is 3.22. The molecule has 112 valence electrons. The number of carbonyl (C=O) groups is 2. The molecule has 0 saturated carbocycles. The van der Waals surface area contributed by atoms with E-state index in [1.54, 1.807) is 19.1 Å². The van der Waals surface area contributed by atoms with Gasteiger partial charge in [0.05, 0.1) is 5.92 Å². The zero-order chi connectivity index (χ0) is 15.4. The molecule has 3 unspecified atom stereocenters. The molecule has 2 rings (SSSR count). The fourth-order valence-corrected chi connectivity index (χ4v) is 2.06. The molecular formula is C15H16FNO4. The minimum absolute atomic E-state index is 0.308. The van der Waals surface area contributed by atoms with Gasteiger partial charge in [0.25, 0.3) is 5.91 Å². The second kappa shape index (κ2) is 6.39. The Morgan fingerprint density at radius 2 is 2.00 bits per heavy atom. The number of hydrogen-bond donors (Lipinski definition) is 2. The van der Waals surface area contributed by atoms with E-state index in [9.17, 15) is 14.0 Å². The first-order valence-corrected chi connectivity index (χ1v) is 6.59. The summed E-state index contributed by atoms with van der Waals surface area (Å²) in [6, 6.07) is 5.07. The molecule has 6 heteroatoms. The number of rotatable bonds is 5. The van der Waals surface area contributed by atoms with Gasteiger partial charge in [0.1, 0.15) is 11.6 Å². The Hall–Kier alpha value is -2.37. The topological polar surface area (TPSA) is 75.6 Å². The largest absolute Gasteiger partial charge is 0.481 e. The van der Waals surface area contributed by atoms with E-state index in [2.05, 4.69) is 5.32 Å². The number of hydrogen-bond acceptors (Lipinski definition) is 3. The van der Waals surface area contributed by atoms with Crippen LogP contribution >= 0.6 is 0 Å². The lowest BCUT2D eigenvalue weighted by Gasteiger charge is -2.17. The second-order valence-corrected chi connectivity index (χ2v) is 4.89. The van der Waals surface area contributed by atoms with Gasteiger partial charge in [0, 0.05) is 6.04 Å². The highest BCUT2D eigenvalue weighted by molar-refractivity contribution is 5.81. The third kappa shape index (κ3) is 4.05. The predicted molar refractivity (Wildman–Crippen MR) is 73.3 cm³/mol. The zero-order valence-corrected chi connectivity index (χ0v) is 11.5. The average Bonchev–Trinajstić information content (AvgIpc) is 2.90. The lowest BCUT2D eigenvalue weighted by atomic mass is 10.1. The quantitative estimate of drug-likeness (QED) is 0.811. The van der Waals surface area contributed by atoms with Crippen LogP contribution < -0.4 is 10.1 Å². The van der Waals surface area contributed by atoms with Crippen LogP contribution in [0.4, 0.5) is 4.39 Å². The summed E-state index contributed by atoms with van der Waals surface area (Å²) >= 11 is 0. The Kier molecular flexibility index (Phi) is 4.57. The van der Waals surface area contributed by atoms with Crippen LogP contribution in [0.15, 0.2) is 36.4 Å². The van der Waals surface area contributed by atoms with Crippen LogP contribution in [0.2, 0.25) is 0 Å². The number of aliphatic carboxylic acids is 1. The summed E-state index contributed by atoms with van der Waals surface area (Å²) in [5.41, 5.74) is 0. The Balaban J connectivity index is 1.85. The van der Waals surface area contributed by atoms with Crippen LogP contribution in [0.25, 0.3) is 0 Å². The first-order valence-electron chi connectivity index (χ1n) is 6.59. The van der Waals surface area contributed by atoms with Gasteiger partial charge >= 0.3 is 5.97 Å². The molecule has 2 N–H and O–H groups in total. The SMILES string of the molecule is CC(Oc1ccc(F)cc1)C(=O)NC1C=CC(C(=O)O)C1. The molecule has 1 amide bonds. The minimum atomic E-state index is -0.904. The first kappa shape index (κ1) is 15.0.